The minimum Gasteiger partial charge on any atom is -0.299 e. The van der Waals surface area contributed by atoms with Crippen molar-refractivity contribution in [1.82, 2.24) is 28.8 Å². The van der Waals surface area contributed by atoms with Crippen LogP contribution in [0.3, 0.4) is 0 Å². The van der Waals surface area contributed by atoms with Crippen LogP contribution in [0.25, 0.3) is 0 Å². The van der Waals surface area contributed by atoms with Gasteiger partial charge in [0.2, 0.25) is 0 Å². The fraction of sp³-hybridized carbons (Fsp3) is 0.647. The smallest absolute Gasteiger partial charge is 0.299 e. The minimum absolute atomic E-state index is 0.250. The molecule has 2 aromatic heterocycles. The molecule has 8 nitrogen and oxygen atoms in total. The van der Waals surface area contributed by atoms with E-state index in [1.54, 1.807) is 17.7 Å². The number of likely N-dealkylation sites (tertiary alicyclic amines) is 1. The van der Waals surface area contributed by atoms with Gasteiger partial charge in [-0.3, -0.25) is 18.8 Å². The first-order chi connectivity index (χ1) is 11.8. The maximum Gasteiger partial charge on any atom is 0.330 e. The maximum absolute atomic E-state index is 12.1. The summed E-state index contributed by atoms with van der Waals surface area (Å²) in [6.07, 6.45) is 2.26. The molecule has 0 saturated carbocycles. The topological polar surface area (TPSA) is 78.0 Å². The summed E-state index contributed by atoms with van der Waals surface area (Å²) in [5.74, 6) is 2.25. The molecular formula is C17H26N6O2. The first-order valence-corrected chi connectivity index (χ1v) is 8.71. The summed E-state index contributed by atoms with van der Waals surface area (Å²) < 4.78 is 4.69. The Morgan fingerprint density at radius 3 is 2.64 bits per heavy atom. The second kappa shape index (κ2) is 6.95. The van der Waals surface area contributed by atoms with Crippen LogP contribution >= 0.6 is 0 Å². The Kier molecular flexibility index (Phi) is 4.89. The summed E-state index contributed by atoms with van der Waals surface area (Å²) in [6.45, 7) is 7.28. The number of aryl methyl sites for hydroxylation is 2. The first-order valence-electron chi connectivity index (χ1n) is 8.71. The largest absolute Gasteiger partial charge is 0.330 e. The van der Waals surface area contributed by atoms with Crippen molar-refractivity contribution >= 4 is 0 Å². The van der Waals surface area contributed by atoms with Gasteiger partial charge >= 0.3 is 5.69 Å². The Morgan fingerprint density at radius 1 is 1.20 bits per heavy atom. The van der Waals surface area contributed by atoms with Crippen LogP contribution in [-0.4, -0.2) is 41.9 Å². The summed E-state index contributed by atoms with van der Waals surface area (Å²) in [5.41, 5.74) is 0.242. The van der Waals surface area contributed by atoms with Crippen LogP contribution in [0.15, 0.2) is 15.7 Å². The zero-order valence-corrected chi connectivity index (χ0v) is 15.4. The molecule has 1 saturated heterocycles. The molecule has 0 aliphatic carbocycles. The Bertz CT molecular complexity index is 878. The van der Waals surface area contributed by atoms with E-state index in [0.717, 1.165) is 54.4 Å². The number of hydrogen-bond donors (Lipinski definition) is 0. The molecule has 0 spiro atoms. The third-order valence-electron chi connectivity index (χ3n) is 5.01. The second-order valence-electron chi connectivity index (χ2n) is 7.01. The highest BCUT2D eigenvalue weighted by molar-refractivity contribution is 5.02. The third-order valence-corrected chi connectivity index (χ3v) is 5.01. The van der Waals surface area contributed by atoms with E-state index >= 15 is 0 Å². The number of piperidine rings is 1. The second-order valence-corrected chi connectivity index (χ2v) is 7.01. The maximum atomic E-state index is 12.1. The van der Waals surface area contributed by atoms with Gasteiger partial charge < -0.3 is 0 Å². The van der Waals surface area contributed by atoms with Crippen LogP contribution in [0.2, 0.25) is 0 Å². The van der Waals surface area contributed by atoms with Crippen molar-refractivity contribution in [2.24, 2.45) is 20.0 Å². The van der Waals surface area contributed by atoms with Crippen molar-refractivity contribution < 1.29 is 0 Å². The fourth-order valence-corrected chi connectivity index (χ4v) is 3.58. The zero-order chi connectivity index (χ0) is 18.1. The predicted molar refractivity (Wildman–Crippen MR) is 94.4 cm³/mol. The highest BCUT2D eigenvalue weighted by Crippen LogP contribution is 2.20. The number of hydrogen-bond acceptors (Lipinski definition) is 5. The quantitative estimate of drug-likeness (QED) is 0.791. The van der Waals surface area contributed by atoms with Crippen LogP contribution in [-0.2, 0) is 27.2 Å². The van der Waals surface area contributed by atoms with Crippen molar-refractivity contribution in [2.45, 2.75) is 39.8 Å². The number of nitrogens with zero attached hydrogens (tertiary/aromatic N) is 6. The van der Waals surface area contributed by atoms with Gasteiger partial charge in [-0.2, -0.15) is 5.10 Å². The molecule has 3 rings (SSSR count). The van der Waals surface area contributed by atoms with E-state index in [1.165, 1.54) is 7.05 Å². The molecule has 136 valence electrons. The van der Waals surface area contributed by atoms with E-state index in [-0.39, 0.29) is 11.2 Å². The predicted octanol–water partition coefficient (Wildman–Crippen LogP) is 0.205. The molecule has 1 atom stereocenters. The van der Waals surface area contributed by atoms with Gasteiger partial charge in [0.1, 0.15) is 11.6 Å². The van der Waals surface area contributed by atoms with E-state index in [4.69, 9.17) is 0 Å². The SMILES string of the molecule is Cc1nc(C)n(C[C@@H]2CCCN(Cc3cc(=O)n(C)c(=O)n3C)C2)n1. The molecule has 1 aliphatic heterocycles. The molecule has 3 heterocycles. The summed E-state index contributed by atoms with van der Waals surface area (Å²) in [4.78, 5) is 30.7. The van der Waals surface area contributed by atoms with Gasteiger partial charge in [0.25, 0.3) is 5.56 Å². The van der Waals surface area contributed by atoms with Crippen LogP contribution in [0.4, 0.5) is 0 Å². The summed E-state index contributed by atoms with van der Waals surface area (Å²) in [6, 6.07) is 1.57. The van der Waals surface area contributed by atoms with Gasteiger partial charge in [0.15, 0.2) is 0 Å². The van der Waals surface area contributed by atoms with Gasteiger partial charge in [-0.05, 0) is 39.2 Å². The van der Waals surface area contributed by atoms with Gasteiger partial charge in [-0.25, -0.2) is 14.5 Å². The van der Waals surface area contributed by atoms with Crippen LogP contribution in [0.5, 0.6) is 0 Å². The van der Waals surface area contributed by atoms with E-state index in [9.17, 15) is 9.59 Å². The van der Waals surface area contributed by atoms with Gasteiger partial charge in [0.05, 0.1) is 0 Å². The van der Waals surface area contributed by atoms with Crippen molar-refractivity contribution in [3.05, 3.63) is 44.2 Å². The average Bonchev–Trinajstić information content (AvgIpc) is 2.88. The lowest BCUT2D eigenvalue weighted by Crippen LogP contribution is -2.41. The van der Waals surface area contributed by atoms with Crippen LogP contribution in [0.1, 0.15) is 30.2 Å². The van der Waals surface area contributed by atoms with Crippen molar-refractivity contribution in [3.8, 4) is 0 Å². The molecule has 0 N–H and O–H groups in total. The molecule has 0 amide bonds. The summed E-state index contributed by atoms with van der Waals surface area (Å²) in [7, 11) is 3.23. The normalized spacial score (nSPS) is 18.6. The monoisotopic (exact) mass is 346 g/mol. The molecule has 1 fully saturated rings. The van der Waals surface area contributed by atoms with Crippen molar-refractivity contribution in [3.63, 3.8) is 0 Å². The molecule has 25 heavy (non-hydrogen) atoms. The fourth-order valence-electron chi connectivity index (χ4n) is 3.58. The highest BCUT2D eigenvalue weighted by atomic mass is 16.2. The first kappa shape index (κ1) is 17.6. The molecule has 1 aliphatic rings. The number of rotatable bonds is 4. The highest BCUT2D eigenvalue weighted by Gasteiger charge is 2.22. The Hall–Kier alpha value is -2.22. The Labute approximate surface area is 146 Å². The molecule has 0 bridgehead atoms. The lowest BCUT2D eigenvalue weighted by atomic mass is 9.98. The van der Waals surface area contributed by atoms with E-state index in [2.05, 4.69) is 15.0 Å². The number of aromatic nitrogens is 5. The lowest BCUT2D eigenvalue weighted by molar-refractivity contribution is 0.149. The van der Waals surface area contributed by atoms with E-state index < -0.39 is 0 Å². The van der Waals surface area contributed by atoms with Gasteiger partial charge in [-0.15, -0.1) is 0 Å². The lowest BCUT2D eigenvalue weighted by Gasteiger charge is -2.33. The minimum atomic E-state index is -0.273. The summed E-state index contributed by atoms with van der Waals surface area (Å²) >= 11 is 0. The molecular weight excluding hydrogens is 320 g/mol. The van der Waals surface area contributed by atoms with Crippen LogP contribution < -0.4 is 11.2 Å². The Morgan fingerprint density at radius 2 is 1.96 bits per heavy atom. The Balaban J connectivity index is 1.71. The summed E-state index contributed by atoms with van der Waals surface area (Å²) in [5, 5.41) is 4.46. The standard InChI is InChI=1S/C17H26N6O2/c1-12-18-13(2)23(19-12)10-14-6-5-7-22(9-14)11-15-8-16(24)21(4)17(25)20(15)3/h8,14H,5-7,9-11H2,1-4H3/t14-/m1/s1. The molecule has 2 aromatic rings. The molecule has 0 radical (unpaired) electrons. The van der Waals surface area contributed by atoms with E-state index in [1.807, 2.05) is 18.5 Å². The van der Waals surface area contributed by atoms with E-state index in [0.29, 0.717) is 12.5 Å². The zero-order valence-electron chi connectivity index (χ0n) is 15.4. The van der Waals surface area contributed by atoms with Gasteiger partial charge in [0, 0.05) is 45.5 Å². The van der Waals surface area contributed by atoms with Crippen LogP contribution in [0, 0.1) is 19.8 Å². The van der Waals surface area contributed by atoms with Gasteiger partial charge in [-0.1, -0.05) is 0 Å². The third kappa shape index (κ3) is 3.73. The van der Waals surface area contributed by atoms with Crippen molar-refractivity contribution in [1.29, 1.82) is 0 Å². The molecule has 0 unspecified atom stereocenters. The molecule has 8 heteroatoms. The van der Waals surface area contributed by atoms with Crippen molar-refractivity contribution in [2.75, 3.05) is 13.1 Å². The molecule has 0 aromatic carbocycles. The average molecular weight is 346 g/mol.